The highest BCUT2D eigenvalue weighted by Gasteiger charge is 2.65. The second-order valence-corrected chi connectivity index (χ2v) is 7.74. The average molecular weight is 377 g/mol. The number of rotatable bonds is 1. The molecule has 2 bridgehead atoms. The highest BCUT2D eigenvalue weighted by molar-refractivity contribution is 6.46. The molecule has 2 aliphatic rings. The zero-order valence-corrected chi connectivity index (χ0v) is 14.3. The molecular formula is C18H17F6NO. The number of Topliss-reactive ketones (excluding diaryl/α,β-unsaturated/α-hetero) is 1. The van der Waals surface area contributed by atoms with E-state index in [-0.39, 0.29) is 23.5 Å². The lowest BCUT2D eigenvalue weighted by molar-refractivity contribution is -0.143. The molecule has 142 valence electrons. The van der Waals surface area contributed by atoms with Crippen molar-refractivity contribution in [3.63, 3.8) is 0 Å². The number of aliphatic imine (C=N–C) groups is 1. The maximum Gasteiger partial charge on any atom is 0.416 e. The summed E-state index contributed by atoms with van der Waals surface area (Å²) >= 11 is 0. The fraction of sp³-hybridized carbons (Fsp3) is 0.556. The van der Waals surface area contributed by atoms with Gasteiger partial charge in [0.2, 0.25) is 0 Å². The quantitative estimate of drug-likeness (QED) is 0.567. The molecule has 2 nitrogen and oxygen atoms in total. The number of nitrogens with zero attached hydrogens (tertiary/aromatic N) is 1. The van der Waals surface area contributed by atoms with Crippen LogP contribution in [0.3, 0.4) is 0 Å². The molecule has 2 aliphatic carbocycles. The Kier molecular flexibility index (Phi) is 3.88. The molecular weight excluding hydrogens is 360 g/mol. The molecule has 2 saturated carbocycles. The van der Waals surface area contributed by atoms with Gasteiger partial charge in [-0.05, 0) is 36.5 Å². The van der Waals surface area contributed by atoms with Crippen molar-refractivity contribution in [3.05, 3.63) is 29.3 Å². The van der Waals surface area contributed by atoms with Crippen LogP contribution in [0.1, 0.15) is 44.7 Å². The molecule has 2 fully saturated rings. The van der Waals surface area contributed by atoms with Gasteiger partial charge in [-0.25, -0.2) is 4.99 Å². The van der Waals surface area contributed by atoms with Crippen LogP contribution in [0.25, 0.3) is 0 Å². The summed E-state index contributed by atoms with van der Waals surface area (Å²) in [5.74, 6) is -0.561. The number of halogens is 6. The Morgan fingerprint density at radius 3 is 1.85 bits per heavy atom. The molecule has 0 saturated heterocycles. The molecule has 0 aromatic heterocycles. The summed E-state index contributed by atoms with van der Waals surface area (Å²) in [5, 5.41) is 0. The van der Waals surface area contributed by atoms with Gasteiger partial charge in [0, 0.05) is 11.3 Å². The third-order valence-electron chi connectivity index (χ3n) is 6.11. The third-order valence-corrected chi connectivity index (χ3v) is 6.11. The van der Waals surface area contributed by atoms with Crippen molar-refractivity contribution in [2.45, 2.75) is 46.0 Å². The number of benzene rings is 1. The summed E-state index contributed by atoms with van der Waals surface area (Å²) in [7, 11) is 0. The van der Waals surface area contributed by atoms with Crippen molar-refractivity contribution in [1.82, 2.24) is 0 Å². The van der Waals surface area contributed by atoms with E-state index in [9.17, 15) is 31.1 Å². The summed E-state index contributed by atoms with van der Waals surface area (Å²) in [6, 6.07) is 1.16. The van der Waals surface area contributed by atoms with E-state index in [0.29, 0.717) is 25.0 Å². The number of ketones is 1. The number of carbonyl (C=O) groups excluding carboxylic acids is 1. The largest absolute Gasteiger partial charge is 0.416 e. The molecule has 0 radical (unpaired) electrons. The van der Waals surface area contributed by atoms with Crippen LogP contribution in [0.15, 0.2) is 23.2 Å². The first-order valence-electron chi connectivity index (χ1n) is 8.11. The first-order valence-corrected chi connectivity index (χ1v) is 8.11. The normalized spacial score (nSPS) is 29.7. The van der Waals surface area contributed by atoms with Crippen molar-refractivity contribution in [2.24, 2.45) is 21.7 Å². The first-order chi connectivity index (χ1) is 11.7. The Labute approximate surface area is 146 Å². The molecule has 0 amide bonds. The van der Waals surface area contributed by atoms with Gasteiger partial charge >= 0.3 is 12.4 Å². The molecule has 26 heavy (non-hydrogen) atoms. The summed E-state index contributed by atoms with van der Waals surface area (Å²) in [4.78, 5) is 16.7. The number of fused-ring (bicyclic) bond motifs is 2. The fourth-order valence-corrected chi connectivity index (χ4v) is 4.10. The van der Waals surface area contributed by atoms with Crippen LogP contribution in [-0.4, -0.2) is 11.5 Å². The molecule has 0 spiro atoms. The Morgan fingerprint density at radius 1 is 0.962 bits per heavy atom. The highest BCUT2D eigenvalue weighted by atomic mass is 19.4. The molecule has 0 heterocycles. The van der Waals surface area contributed by atoms with Gasteiger partial charge in [0.15, 0.2) is 5.78 Å². The van der Waals surface area contributed by atoms with Crippen LogP contribution in [-0.2, 0) is 17.1 Å². The van der Waals surface area contributed by atoms with Gasteiger partial charge in [-0.3, -0.25) is 4.79 Å². The van der Waals surface area contributed by atoms with Crippen molar-refractivity contribution >= 4 is 17.2 Å². The van der Waals surface area contributed by atoms with Crippen molar-refractivity contribution in [2.75, 3.05) is 0 Å². The highest BCUT2D eigenvalue weighted by Crippen LogP contribution is 2.62. The third kappa shape index (κ3) is 2.65. The predicted octanol–water partition coefficient (Wildman–Crippen LogP) is 5.82. The minimum Gasteiger partial charge on any atom is -0.292 e. The van der Waals surface area contributed by atoms with E-state index in [1.54, 1.807) is 6.92 Å². The number of hydrogen-bond acceptors (Lipinski definition) is 2. The molecule has 8 heteroatoms. The Hall–Kier alpha value is -1.86. The van der Waals surface area contributed by atoms with E-state index in [4.69, 9.17) is 0 Å². The molecule has 3 rings (SSSR count). The average Bonchev–Trinajstić information content (AvgIpc) is 2.79. The number of carbonyl (C=O) groups is 1. The molecule has 0 N–H and O–H groups in total. The molecule has 0 unspecified atom stereocenters. The van der Waals surface area contributed by atoms with E-state index < -0.39 is 40.0 Å². The lowest BCUT2D eigenvalue weighted by Crippen LogP contribution is -2.33. The van der Waals surface area contributed by atoms with Crippen LogP contribution < -0.4 is 0 Å². The maximum absolute atomic E-state index is 13.0. The Balaban J connectivity index is 2.14. The van der Waals surface area contributed by atoms with Gasteiger partial charge in [-0.2, -0.15) is 26.3 Å². The first kappa shape index (κ1) is 18.9. The van der Waals surface area contributed by atoms with Crippen LogP contribution in [0, 0.1) is 16.7 Å². The van der Waals surface area contributed by atoms with Crippen molar-refractivity contribution in [1.29, 1.82) is 0 Å². The minimum atomic E-state index is -4.94. The van der Waals surface area contributed by atoms with Gasteiger partial charge in [0.1, 0.15) is 0 Å². The maximum atomic E-state index is 13.0. The summed E-state index contributed by atoms with van der Waals surface area (Å²) in [6.45, 7) is 5.56. The van der Waals surface area contributed by atoms with Gasteiger partial charge in [0.25, 0.3) is 0 Å². The lowest BCUT2D eigenvalue weighted by atomic mass is 9.70. The minimum absolute atomic E-state index is 0.0531. The molecule has 1 aromatic carbocycles. The van der Waals surface area contributed by atoms with Gasteiger partial charge in [-0.1, -0.05) is 20.8 Å². The lowest BCUT2D eigenvalue weighted by Gasteiger charge is -2.31. The topological polar surface area (TPSA) is 29.4 Å². The van der Waals surface area contributed by atoms with E-state index >= 15 is 0 Å². The van der Waals surface area contributed by atoms with E-state index in [1.165, 1.54) is 0 Å². The Morgan fingerprint density at radius 2 is 1.46 bits per heavy atom. The van der Waals surface area contributed by atoms with Crippen LogP contribution in [0.5, 0.6) is 0 Å². The molecule has 1 aromatic rings. The summed E-state index contributed by atoms with van der Waals surface area (Å²) < 4.78 is 77.9. The van der Waals surface area contributed by atoms with E-state index in [2.05, 4.69) is 4.99 Å². The van der Waals surface area contributed by atoms with E-state index in [1.807, 2.05) is 13.8 Å². The van der Waals surface area contributed by atoms with Gasteiger partial charge in [0.05, 0.1) is 22.5 Å². The number of hydrogen-bond donors (Lipinski definition) is 0. The standard InChI is InChI=1S/C18H17F6NO/c1-15(2)12-4-5-16(15,3)14(26)13(12)25-11-7-9(17(19,20)21)6-10(8-11)18(22,23)24/h6-8,12H,4-5H2,1-3H3/t12-,16+/m1/s1. The van der Waals surface area contributed by atoms with Crippen LogP contribution in [0.4, 0.5) is 32.0 Å². The summed E-state index contributed by atoms with van der Waals surface area (Å²) in [5.41, 5.74) is -4.42. The smallest absolute Gasteiger partial charge is 0.292 e. The summed E-state index contributed by atoms with van der Waals surface area (Å²) in [6.07, 6.45) is -8.61. The molecule has 2 atom stereocenters. The second kappa shape index (κ2) is 5.33. The number of alkyl halides is 6. The monoisotopic (exact) mass is 377 g/mol. The van der Waals surface area contributed by atoms with Crippen molar-refractivity contribution in [3.8, 4) is 0 Å². The predicted molar refractivity (Wildman–Crippen MR) is 83.2 cm³/mol. The SMILES string of the molecule is CC1(C)[C@@H]2CC[C@@]1(C)C(=O)C2=Nc1cc(C(F)(F)F)cc(C(F)(F)F)c1. The van der Waals surface area contributed by atoms with E-state index in [0.717, 1.165) is 0 Å². The van der Waals surface area contributed by atoms with Crippen LogP contribution >= 0.6 is 0 Å². The zero-order valence-electron chi connectivity index (χ0n) is 14.3. The molecule has 0 aliphatic heterocycles. The zero-order chi connectivity index (χ0) is 19.7. The van der Waals surface area contributed by atoms with Gasteiger partial charge in [-0.15, -0.1) is 0 Å². The Bertz CT molecular complexity index is 773. The van der Waals surface area contributed by atoms with Crippen LogP contribution in [0.2, 0.25) is 0 Å². The van der Waals surface area contributed by atoms with Crippen molar-refractivity contribution < 1.29 is 31.1 Å². The van der Waals surface area contributed by atoms with Gasteiger partial charge < -0.3 is 0 Å². The fourth-order valence-electron chi connectivity index (χ4n) is 4.10. The second-order valence-electron chi connectivity index (χ2n) is 7.74.